The molecule has 7 heteroatoms. The second kappa shape index (κ2) is 13.6. The van der Waals surface area contributed by atoms with E-state index in [0.29, 0.717) is 37.0 Å². The second-order valence-corrected chi connectivity index (χ2v) is 7.83. The van der Waals surface area contributed by atoms with Crippen LogP contribution in [0.4, 0.5) is 0 Å². The number of nitrogens with zero attached hydrogens (tertiary/aromatic N) is 1. The van der Waals surface area contributed by atoms with Crippen LogP contribution < -0.4 is 16.0 Å². The van der Waals surface area contributed by atoms with Crippen LogP contribution in [0.25, 0.3) is 0 Å². The smallest absolute Gasteiger partial charge is 0.251 e. The van der Waals surface area contributed by atoms with Crippen LogP contribution in [-0.2, 0) is 0 Å². The Labute approximate surface area is 171 Å². The summed E-state index contributed by atoms with van der Waals surface area (Å²) in [7, 11) is 0. The highest BCUT2D eigenvalue weighted by Gasteiger charge is 2.11. The number of carbonyl (C=O) groups is 1. The molecule has 0 aliphatic carbocycles. The van der Waals surface area contributed by atoms with Crippen molar-refractivity contribution in [3.63, 3.8) is 0 Å². The molecule has 0 fully saturated rings. The lowest BCUT2D eigenvalue weighted by atomic mass is 9.94. The SMILES string of the molecule is CCNC(=NCC(CCO)CC(C)C)NCCNC(=O)c1ccc(Br)cc1. The fourth-order valence-electron chi connectivity index (χ4n) is 2.76. The third-order valence-corrected chi connectivity index (χ3v) is 4.53. The summed E-state index contributed by atoms with van der Waals surface area (Å²) in [4.78, 5) is 16.7. The van der Waals surface area contributed by atoms with Crippen LogP contribution in [0.15, 0.2) is 33.7 Å². The minimum absolute atomic E-state index is 0.0915. The minimum atomic E-state index is -0.0915. The molecule has 0 aromatic heterocycles. The van der Waals surface area contributed by atoms with Crippen LogP contribution in [0.1, 0.15) is 44.0 Å². The summed E-state index contributed by atoms with van der Waals surface area (Å²) in [5.41, 5.74) is 0.638. The summed E-state index contributed by atoms with van der Waals surface area (Å²) >= 11 is 3.36. The molecule has 152 valence electrons. The van der Waals surface area contributed by atoms with Crippen LogP contribution in [0.5, 0.6) is 0 Å². The van der Waals surface area contributed by atoms with E-state index >= 15 is 0 Å². The Morgan fingerprint density at radius 3 is 2.41 bits per heavy atom. The molecule has 1 aromatic carbocycles. The van der Waals surface area contributed by atoms with Crippen LogP contribution >= 0.6 is 15.9 Å². The molecule has 1 atom stereocenters. The Morgan fingerprint density at radius 2 is 1.81 bits per heavy atom. The summed E-state index contributed by atoms with van der Waals surface area (Å²) in [5.74, 6) is 1.61. The largest absolute Gasteiger partial charge is 0.396 e. The van der Waals surface area contributed by atoms with Gasteiger partial charge in [-0.05, 0) is 55.9 Å². The molecule has 1 rings (SSSR count). The van der Waals surface area contributed by atoms with Crippen molar-refractivity contribution in [3.05, 3.63) is 34.3 Å². The van der Waals surface area contributed by atoms with Gasteiger partial charge in [-0.25, -0.2) is 0 Å². The first-order valence-electron chi connectivity index (χ1n) is 9.63. The molecule has 6 nitrogen and oxygen atoms in total. The number of amides is 1. The third-order valence-electron chi connectivity index (χ3n) is 4.00. The first-order chi connectivity index (χ1) is 13.0. The lowest BCUT2D eigenvalue weighted by Gasteiger charge is -2.17. The molecule has 0 radical (unpaired) electrons. The summed E-state index contributed by atoms with van der Waals surface area (Å²) in [6.07, 6.45) is 1.82. The van der Waals surface area contributed by atoms with Crippen molar-refractivity contribution in [1.29, 1.82) is 0 Å². The number of benzene rings is 1. The summed E-state index contributed by atoms with van der Waals surface area (Å²) in [6, 6.07) is 7.27. The van der Waals surface area contributed by atoms with Crippen molar-refractivity contribution in [2.75, 3.05) is 32.8 Å². The van der Waals surface area contributed by atoms with Crippen molar-refractivity contribution in [3.8, 4) is 0 Å². The monoisotopic (exact) mass is 440 g/mol. The van der Waals surface area contributed by atoms with Crippen molar-refractivity contribution in [2.24, 2.45) is 16.8 Å². The zero-order chi connectivity index (χ0) is 20.1. The van der Waals surface area contributed by atoms with Crippen LogP contribution in [0, 0.1) is 11.8 Å². The van der Waals surface area contributed by atoms with E-state index in [0.717, 1.165) is 29.8 Å². The highest BCUT2D eigenvalue weighted by Crippen LogP contribution is 2.15. The molecule has 4 N–H and O–H groups in total. The van der Waals surface area contributed by atoms with Crippen LogP contribution in [-0.4, -0.2) is 49.8 Å². The van der Waals surface area contributed by atoms with E-state index in [1.165, 1.54) is 0 Å². The number of guanidine groups is 1. The Morgan fingerprint density at radius 1 is 1.15 bits per heavy atom. The van der Waals surface area contributed by atoms with Gasteiger partial charge in [-0.3, -0.25) is 9.79 Å². The molecule has 1 amide bonds. The Balaban J connectivity index is 2.44. The van der Waals surface area contributed by atoms with Crippen molar-refractivity contribution >= 4 is 27.8 Å². The molecular weight excluding hydrogens is 408 g/mol. The normalized spacial score (nSPS) is 12.7. The molecular formula is C20H33BrN4O2. The molecule has 1 unspecified atom stereocenters. The summed E-state index contributed by atoms with van der Waals surface area (Å²) in [5, 5.41) is 18.6. The maximum atomic E-state index is 12.1. The van der Waals surface area contributed by atoms with Gasteiger partial charge in [-0.1, -0.05) is 29.8 Å². The molecule has 0 bridgehead atoms. The van der Waals surface area contributed by atoms with Crippen LogP contribution in [0.3, 0.4) is 0 Å². The highest BCUT2D eigenvalue weighted by molar-refractivity contribution is 9.10. The Hall–Kier alpha value is -1.60. The predicted octanol–water partition coefficient (Wildman–Crippen LogP) is 2.78. The third kappa shape index (κ3) is 10.3. The number of aliphatic hydroxyl groups excluding tert-OH is 1. The Bertz CT molecular complexity index is 576. The van der Waals surface area contributed by atoms with Crippen molar-refractivity contribution in [1.82, 2.24) is 16.0 Å². The van der Waals surface area contributed by atoms with Gasteiger partial charge >= 0.3 is 0 Å². The second-order valence-electron chi connectivity index (χ2n) is 6.92. The molecule has 0 saturated heterocycles. The van der Waals surface area contributed by atoms with Gasteiger partial charge in [0, 0.05) is 42.8 Å². The number of nitrogens with one attached hydrogen (secondary N) is 3. The Kier molecular flexibility index (Phi) is 11.8. The predicted molar refractivity (Wildman–Crippen MR) is 115 cm³/mol. The highest BCUT2D eigenvalue weighted by atomic mass is 79.9. The first-order valence-corrected chi connectivity index (χ1v) is 10.4. The van der Waals surface area contributed by atoms with Gasteiger partial charge in [0.1, 0.15) is 0 Å². The van der Waals surface area contributed by atoms with Crippen LogP contribution in [0.2, 0.25) is 0 Å². The van der Waals surface area contributed by atoms with Crippen molar-refractivity contribution < 1.29 is 9.90 Å². The van der Waals surface area contributed by atoms with E-state index in [1.54, 1.807) is 12.1 Å². The molecule has 0 spiro atoms. The van der Waals surface area contributed by atoms with Crippen molar-refractivity contribution in [2.45, 2.75) is 33.6 Å². The van der Waals surface area contributed by atoms with E-state index in [2.05, 4.69) is 50.7 Å². The fourth-order valence-corrected chi connectivity index (χ4v) is 3.02. The molecule has 27 heavy (non-hydrogen) atoms. The number of aliphatic hydroxyl groups is 1. The van der Waals surface area contributed by atoms with Gasteiger partial charge in [0.2, 0.25) is 0 Å². The molecule has 1 aromatic rings. The van der Waals surface area contributed by atoms with Gasteiger partial charge in [0.05, 0.1) is 0 Å². The number of halogens is 1. The minimum Gasteiger partial charge on any atom is -0.396 e. The standard InChI is InChI=1S/C20H33BrN4O2/c1-4-22-20(25-14-16(9-12-26)13-15(2)3)24-11-10-23-19(27)17-5-7-18(21)8-6-17/h5-8,15-16,26H,4,9-14H2,1-3H3,(H,23,27)(H2,22,24,25). The lowest BCUT2D eigenvalue weighted by molar-refractivity contribution is 0.0954. The first kappa shape index (κ1) is 23.4. The topological polar surface area (TPSA) is 85.8 Å². The number of aliphatic imine (C=N–C) groups is 1. The van der Waals surface area contributed by atoms with E-state index in [-0.39, 0.29) is 12.5 Å². The zero-order valence-electron chi connectivity index (χ0n) is 16.6. The van der Waals surface area contributed by atoms with E-state index in [4.69, 9.17) is 0 Å². The van der Waals surface area contributed by atoms with Gasteiger partial charge in [-0.15, -0.1) is 0 Å². The summed E-state index contributed by atoms with van der Waals surface area (Å²) < 4.78 is 0.948. The lowest BCUT2D eigenvalue weighted by Crippen LogP contribution is -2.41. The maximum Gasteiger partial charge on any atom is 0.251 e. The van der Waals surface area contributed by atoms with Gasteiger partial charge in [0.25, 0.3) is 5.91 Å². The molecule has 0 aliphatic heterocycles. The number of hydrogen-bond acceptors (Lipinski definition) is 3. The van der Waals surface area contributed by atoms with Gasteiger partial charge < -0.3 is 21.1 Å². The van der Waals surface area contributed by atoms with E-state index in [9.17, 15) is 9.90 Å². The number of rotatable bonds is 11. The quantitative estimate of drug-likeness (QED) is 0.242. The number of hydrogen-bond donors (Lipinski definition) is 4. The average Bonchev–Trinajstić information content (AvgIpc) is 2.63. The molecule has 0 saturated carbocycles. The number of carbonyl (C=O) groups excluding carboxylic acids is 1. The zero-order valence-corrected chi connectivity index (χ0v) is 18.2. The average molecular weight is 441 g/mol. The van der Waals surface area contributed by atoms with E-state index < -0.39 is 0 Å². The fraction of sp³-hybridized carbons (Fsp3) is 0.600. The molecule has 0 aliphatic rings. The maximum absolute atomic E-state index is 12.1. The summed E-state index contributed by atoms with van der Waals surface area (Å²) in [6.45, 7) is 9.13. The molecule has 0 heterocycles. The van der Waals surface area contributed by atoms with E-state index in [1.807, 2.05) is 19.1 Å². The van der Waals surface area contributed by atoms with Gasteiger partial charge in [-0.2, -0.15) is 0 Å². The van der Waals surface area contributed by atoms with Gasteiger partial charge in [0.15, 0.2) is 5.96 Å².